The number of fused-ring (bicyclic) bond motifs is 1. The van der Waals surface area contributed by atoms with Crippen LogP contribution >= 0.6 is 0 Å². The van der Waals surface area contributed by atoms with E-state index in [1.165, 1.54) is 25.3 Å². The number of halogens is 5. The van der Waals surface area contributed by atoms with Gasteiger partial charge in [0.2, 0.25) is 0 Å². The molecule has 1 aliphatic heterocycles. The highest BCUT2D eigenvalue weighted by atomic mass is 19.4. The number of alkyl halides is 3. The minimum atomic E-state index is -4.98. The highest BCUT2D eigenvalue weighted by Crippen LogP contribution is 2.30. The monoisotopic (exact) mass is 552 g/mol. The molecule has 1 fully saturated rings. The third kappa shape index (κ3) is 8.37. The van der Waals surface area contributed by atoms with Gasteiger partial charge in [-0.05, 0) is 54.0 Å². The molecule has 1 heterocycles. The molecule has 4 rings (SSSR count). The highest BCUT2D eigenvalue weighted by Gasteiger charge is 2.32. The minimum absolute atomic E-state index is 0.102. The molecule has 9 heteroatoms. The number of rotatable bonds is 12. The summed E-state index contributed by atoms with van der Waals surface area (Å²) in [4.78, 5) is 0. The lowest BCUT2D eigenvalue weighted by Gasteiger charge is -2.29. The number of hydrogen-bond acceptors (Lipinski definition) is 4. The second kappa shape index (κ2) is 13.5. The summed E-state index contributed by atoms with van der Waals surface area (Å²) in [7, 11) is 0. The van der Waals surface area contributed by atoms with Crippen LogP contribution in [0, 0.1) is 11.6 Å². The van der Waals surface area contributed by atoms with Gasteiger partial charge in [0.05, 0.1) is 13.2 Å². The molecule has 0 radical (unpaired) electrons. The summed E-state index contributed by atoms with van der Waals surface area (Å²) in [5.74, 6) is -2.41. The molecule has 212 valence electrons. The van der Waals surface area contributed by atoms with E-state index in [0.717, 1.165) is 30.5 Å². The van der Waals surface area contributed by atoms with Crippen LogP contribution in [0.2, 0.25) is 0 Å². The van der Waals surface area contributed by atoms with Crippen molar-refractivity contribution in [1.29, 1.82) is 0 Å². The molecule has 4 nitrogen and oxygen atoms in total. The predicted octanol–water partition coefficient (Wildman–Crippen LogP) is 8.20. The summed E-state index contributed by atoms with van der Waals surface area (Å²) in [6, 6.07) is 12.0. The fraction of sp³-hybridized carbons (Fsp3) is 0.467. The largest absolute Gasteiger partial charge is 0.573 e. The van der Waals surface area contributed by atoms with E-state index in [9.17, 15) is 17.6 Å². The Bertz CT molecular complexity index is 1220. The maximum atomic E-state index is 15.2. The van der Waals surface area contributed by atoms with Crippen LogP contribution in [0.5, 0.6) is 5.75 Å². The lowest BCUT2D eigenvalue weighted by atomic mass is 9.99. The first-order valence-electron chi connectivity index (χ1n) is 13.3. The summed E-state index contributed by atoms with van der Waals surface area (Å²) in [5, 5.41) is 1.11. The maximum Gasteiger partial charge on any atom is 0.573 e. The van der Waals surface area contributed by atoms with Gasteiger partial charge in [0, 0.05) is 17.6 Å². The molecule has 1 saturated heterocycles. The molecule has 0 N–H and O–H groups in total. The zero-order valence-corrected chi connectivity index (χ0v) is 21.9. The minimum Gasteiger partial charge on any atom is -0.403 e. The highest BCUT2D eigenvalue weighted by molar-refractivity contribution is 5.84. The van der Waals surface area contributed by atoms with E-state index < -0.39 is 30.0 Å². The van der Waals surface area contributed by atoms with Gasteiger partial charge in [-0.15, -0.1) is 13.2 Å². The van der Waals surface area contributed by atoms with Crippen LogP contribution in [0.25, 0.3) is 10.8 Å². The molecule has 39 heavy (non-hydrogen) atoms. The fourth-order valence-electron chi connectivity index (χ4n) is 4.61. The molecule has 0 unspecified atom stereocenters. The van der Waals surface area contributed by atoms with E-state index in [4.69, 9.17) is 14.2 Å². The standard InChI is InChI=1S/C30H33F5O4/c1-2-3-4-5-6-15-36-24-18-37-29(38-19-24)23-12-13-25-22(17-23)11-10-21(28(25)32)9-7-20-8-14-27(26(31)16-20)39-30(33,34)35/h8,10-14,16-17,24,29H,2-7,9,15,18-19H2,1H3. The second-order valence-corrected chi connectivity index (χ2v) is 9.74. The smallest absolute Gasteiger partial charge is 0.403 e. The lowest BCUT2D eigenvalue weighted by Crippen LogP contribution is -2.33. The molecule has 0 atom stereocenters. The van der Waals surface area contributed by atoms with E-state index in [0.29, 0.717) is 41.7 Å². The zero-order valence-electron chi connectivity index (χ0n) is 21.9. The third-order valence-corrected chi connectivity index (χ3v) is 6.70. The number of benzene rings is 3. The van der Waals surface area contributed by atoms with Gasteiger partial charge in [-0.2, -0.15) is 0 Å². The van der Waals surface area contributed by atoms with Crippen molar-refractivity contribution in [3.05, 3.63) is 76.9 Å². The van der Waals surface area contributed by atoms with Gasteiger partial charge in [0.1, 0.15) is 11.9 Å². The van der Waals surface area contributed by atoms with Gasteiger partial charge >= 0.3 is 6.36 Å². The SMILES string of the molecule is CCCCCCCOC1COC(c2ccc3c(F)c(CCc4ccc(OC(F)(F)F)c(F)c4)ccc3c2)OC1. The van der Waals surface area contributed by atoms with Crippen molar-refractivity contribution in [2.75, 3.05) is 19.8 Å². The molecule has 0 aliphatic carbocycles. The third-order valence-electron chi connectivity index (χ3n) is 6.70. The summed E-state index contributed by atoms with van der Waals surface area (Å²) in [6.45, 7) is 3.73. The van der Waals surface area contributed by atoms with Crippen LogP contribution in [-0.2, 0) is 27.1 Å². The molecule has 0 spiro atoms. The van der Waals surface area contributed by atoms with Crippen LogP contribution < -0.4 is 4.74 Å². The van der Waals surface area contributed by atoms with Gasteiger partial charge in [0.25, 0.3) is 0 Å². The molecular weight excluding hydrogens is 519 g/mol. The van der Waals surface area contributed by atoms with E-state index in [1.54, 1.807) is 24.3 Å². The summed E-state index contributed by atoms with van der Waals surface area (Å²) >= 11 is 0. The molecule has 0 saturated carbocycles. The van der Waals surface area contributed by atoms with Crippen LogP contribution in [-0.4, -0.2) is 32.3 Å². The Labute approximate surface area is 225 Å². The van der Waals surface area contributed by atoms with Gasteiger partial charge in [-0.3, -0.25) is 0 Å². The van der Waals surface area contributed by atoms with Gasteiger partial charge in [-0.25, -0.2) is 8.78 Å². The normalized spacial score (nSPS) is 18.0. The Hall–Kier alpha value is -2.75. The first-order valence-corrected chi connectivity index (χ1v) is 13.3. The molecule has 1 aliphatic rings. The first kappa shape index (κ1) is 29.2. The average Bonchev–Trinajstić information content (AvgIpc) is 2.91. The van der Waals surface area contributed by atoms with Gasteiger partial charge in [-0.1, -0.05) is 62.9 Å². The Balaban J connectivity index is 1.31. The predicted molar refractivity (Wildman–Crippen MR) is 138 cm³/mol. The van der Waals surface area contributed by atoms with Crippen LogP contribution in [0.1, 0.15) is 62.0 Å². The van der Waals surface area contributed by atoms with Crippen molar-refractivity contribution in [2.45, 2.75) is 70.6 Å². The summed E-state index contributed by atoms with van der Waals surface area (Å²) < 4.78 is 87.5. The summed E-state index contributed by atoms with van der Waals surface area (Å²) in [5.41, 5.74) is 1.64. The Morgan fingerprint density at radius 3 is 2.36 bits per heavy atom. The van der Waals surface area contributed by atoms with Crippen molar-refractivity contribution < 1.29 is 40.9 Å². The topological polar surface area (TPSA) is 36.9 Å². The molecule has 0 aromatic heterocycles. The zero-order chi connectivity index (χ0) is 27.8. The Kier molecular flexibility index (Phi) is 10.2. The van der Waals surface area contributed by atoms with Crippen LogP contribution in [0.15, 0.2) is 48.5 Å². The molecule has 3 aromatic rings. The van der Waals surface area contributed by atoms with Crippen LogP contribution in [0.3, 0.4) is 0 Å². The molecule has 0 bridgehead atoms. The quantitative estimate of drug-likeness (QED) is 0.168. The average molecular weight is 553 g/mol. The first-order chi connectivity index (χ1) is 18.7. The van der Waals surface area contributed by atoms with E-state index in [2.05, 4.69) is 11.7 Å². The maximum absolute atomic E-state index is 15.2. The molecule has 0 amide bonds. The number of aryl methyl sites for hydroxylation is 2. The number of hydrogen-bond donors (Lipinski definition) is 0. The fourth-order valence-corrected chi connectivity index (χ4v) is 4.61. The van der Waals surface area contributed by atoms with E-state index >= 15 is 4.39 Å². The number of unbranched alkanes of at least 4 members (excludes halogenated alkanes) is 4. The molecule has 3 aromatic carbocycles. The Morgan fingerprint density at radius 1 is 0.872 bits per heavy atom. The van der Waals surface area contributed by atoms with E-state index in [-0.39, 0.29) is 18.9 Å². The number of ether oxygens (including phenoxy) is 4. The molecular formula is C30H33F5O4. The summed E-state index contributed by atoms with van der Waals surface area (Å²) in [6.07, 6.45) is 0.726. The van der Waals surface area contributed by atoms with Gasteiger partial charge < -0.3 is 18.9 Å². The van der Waals surface area contributed by atoms with Crippen molar-refractivity contribution in [2.24, 2.45) is 0 Å². The van der Waals surface area contributed by atoms with Crippen molar-refractivity contribution in [3.63, 3.8) is 0 Å². The van der Waals surface area contributed by atoms with Crippen molar-refractivity contribution in [1.82, 2.24) is 0 Å². The Morgan fingerprint density at radius 2 is 1.64 bits per heavy atom. The second-order valence-electron chi connectivity index (χ2n) is 9.74. The van der Waals surface area contributed by atoms with E-state index in [1.807, 2.05) is 6.07 Å². The lowest BCUT2D eigenvalue weighted by molar-refractivity contribution is -0.275. The van der Waals surface area contributed by atoms with Gasteiger partial charge in [0.15, 0.2) is 17.9 Å². The van der Waals surface area contributed by atoms with Crippen LogP contribution in [0.4, 0.5) is 22.0 Å². The van der Waals surface area contributed by atoms with Crippen molar-refractivity contribution >= 4 is 10.8 Å². The van der Waals surface area contributed by atoms with Crippen molar-refractivity contribution in [3.8, 4) is 5.75 Å².